The van der Waals surface area contributed by atoms with E-state index in [1.165, 1.54) is 6.92 Å². The topological polar surface area (TPSA) is 46.2 Å². The molecule has 1 aromatic rings. The molecule has 0 aromatic heterocycles. The molecule has 0 fully saturated rings. The van der Waals surface area contributed by atoms with Crippen molar-refractivity contribution in [2.75, 3.05) is 0 Å². The van der Waals surface area contributed by atoms with E-state index in [9.17, 15) is 9.59 Å². The first-order valence-electron chi connectivity index (χ1n) is 6.36. The van der Waals surface area contributed by atoms with Gasteiger partial charge in [-0.1, -0.05) is 32.9 Å². The van der Waals surface area contributed by atoms with E-state index < -0.39 is 0 Å². The highest BCUT2D eigenvalue weighted by Crippen LogP contribution is 2.15. The lowest BCUT2D eigenvalue weighted by Crippen LogP contribution is -2.22. The van der Waals surface area contributed by atoms with Crippen LogP contribution in [0.1, 0.15) is 60.4 Å². The van der Waals surface area contributed by atoms with Gasteiger partial charge in [-0.2, -0.15) is 0 Å². The van der Waals surface area contributed by atoms with Crippen LogP contribution in [0.25, 0.3) is 0 Å². The predicted octanol–water partition coefficient (Wildman–Crippen LogP) is 2.98. The van der Waals surface area contributed by atoms with Crippen LogP contribution in [0.15, 0.2) is 18.2 Å². The summed E-state index contributed by atoms with van der Waals surface area (Å²) in [5.74, 6) is -0.0400. The van der Waals surface area contributed by atoms with Crippen molar-refractivity contribution >= 4 is 11.6 Å². The SMILES string of the molecule is CCC(=O)c1cc(CNC(C)C)ccc1C(C)=O. The van der Waals surface area contributed by atoms with Gasteiger partial charge in [0, 0.05) is 30.1 Å². The number of carbonyl (C=O) groups excluding carboxylic acids is 2. The Balaban J connectivity index is 3.05. The zero-order valence-electron chi connectivity index (χ0n) is 11.5. The van der Waals surface area contributed by atoms with Gasteiger partial charge in [0.25, 0.3) is 0 Å². The Morgan fingerprint density at radius 3 is 2.39 bits per heavy atom. The van der Waals surface area contributed by atoms with E-state index >= 15 is 0 Å². The van der Waals surface area contributed by atoms with Gasteiger partial charge in [0.1, 0.15) is 0 Å². The average molecular weight is 247 g/mol. The molecule has 3 nitrogen and oxygen atoms in total. The number of Topliss-reactive ketones (excluding diaryl/α,β-unsaturated/α-hetero) is 2. The molecule has 0 aliphatic carbocycles. The van der Waals surface area contributed by atoms with Gasteiger partial charge >= 0.3 is 0 Å². The summed E-state index contributed by atoms with van der Waals surface area (Å²) in [5, 5.41) is 3.30. The lowest BCUT2D eigenvalue weighted by atomic mass is 9.97. The van der Waals surface area contributed by atoms with E-state index in [0.717, 1.165) is 5.56 Å². The minimum Gasteiger partial charge on any atom is -0.310 e. The molecule has 0 unspecified atom stereocenters. The Hall–Kier alpha value is -1.48. The molecule has 1 rings (SSSR count). The maximum absolute atomic E-state index is 11.9. The first kappa shape index (κ1) is 14.6. The maximum atomic E-state index is 11.9. The molecule has 18 heavy (non-hydrogen) atoms. The third-order valence-electron chi connectivity index (χ3n) is 2.80. The summed E-state index contributed by atoms with van der Waals surface area (Å²) in [7, 11) is 0. The van der Waals surface area contributed by atoms with E-state index in [4.69, 9.17) is 0 Å². The predicted molar refractivity (Wildman–Crippen MR) is 73.0 cm³/mol. The van der Waals surface area contributed by atoms with Crippen LogP contribution in [0, 0.1) is 0 Å². The van der Waals surface area contributed by atoms with Crippen LogP contribution in [0.5, 0.6) is 0 Å². The molecule has 3 heteroatoms. The number of rotatable bonds is 6. The van der Waals surface area contributed by atoms with Gasteiger partial charge in [-0.25, -0.2) is 0 Å². The summed E-state index contributed by atoms with van der Waals surface area (Å²) in [4.78, 5) is 23.4. The van der Waals surface area contributed by atoms with Crippen LogP contribution in [0.2, 0.25) is 0 Å². The minimum atomic E-state index is -0.0600. The quantitative estimate of drug-likeness (QED) is 0.786. The molecule has 98 valence electrons. The highest BCUT2D eigenvalue weighted by molar-refractivity contribution is 6.08. The van der Waals surface area contributed by atoms with E-state index in [2.05, 4.69) is 19.2 Å². The van der Waals surface area contributed by atoms with Crippen LogP contribution in [-0.4, -0.2) is 17.6 Å². The molecule has 0 bridgehead atoms. The fraction of sp³-hybridized carbons (Fsp3) is 0.467. The van der Waals surface area contributed by atoms with Crippen molar-refractivity contribution in [2.24, 2.45) is 0 Å². The van der Waals surface area contributed by atoms with Crippen molar-refractivity contribution in [1.82, 2.24) is 5.32 Å². The molecular formula is C15H21NO2. The van der Waals surface area contributed by atoms with Crippen molar-refractivity contribution in [3.8, 4) is 0 Å². The second kappa shape index (κ2) is 6.45. The van der Waals surface area contributed by atoms with E-state index in [1.807, 2.05) is 19.1 Å². The van der Waals surface area contributed by atoms with Crippen molar-refractivity contribution in [3.05, 3.63) is 34.9 Å². The van der Waals surface area contributed by atoms with Crippen LogP contribution >= 0.6 is 0 Å². The van der Waals surface area contributed by atoms with Crippen molar-refractivity contribution < 1.29 is 9.59 Å². The Kier molecular flexibility index (Phi) is 5.23. The first-order valence-corrected chi connectivity index (χ1v) is 6.36. The largest absolute Gasteiger partial charge is 0.310 e. The molecular weight excluding hydrogens is 226 g/mol. The summed E-state index contributed by atoms with van der Waals surface area (Å²) >= 11 is 0. The lowest BCUT2D eigenvalue weighted by molar-refractivity contribution is 0.0965. The molecule has 0 saturated carbocycles. The van der Waals surface area contributed by atoms with Crippen LogP contribution < -0.4 is 5.32 Å². The van der Waals surface area contributed by atoms with E-state index in [0.29, 0.717) is 30.1 Å². The minimum absolute atomic E-state index is 0.0200. The summed E-state index contributed by atoms with van der Waals surface area (Å²) < 4.78 is 0. The Labute approximate surface area is 109 Å². The molecule has 0 heterocycles. The Bertz CT molecular complexity index is 450. The van der Waals surface area contributed by atoms with Crippen LogP contribution in [0.4, 0.5) is 0 Å². The zero-order chi connectivity index (χ0) is 13.7. The van der Waals surface area contributed by atoms with Crippen LogP contribution in [0.3, 0.4) is 0 Å². The molecule has 0 saturated heterocycles. The highest BCUT2D eigenvalue weighted by atomic mass is 16.1. The molecule has 0 radical (unpaired) electrons. The summed E-state index contributed by atoms with van der Waals surface area (Å²) in [6.07, 6.45) is 0.418. The molecule has 0 aliphatic rings. The number of hydrogen-bond acceptors (Lipinski definition) is 3. The number of carbonyl (C=O) groups is 2. The molecule has 0 aliphatic heterocycles. The number of ketones is 2. The number of nitrogens with one attached hydrogen (secondary N) is 1. The standard InChI is InChI=1S/C15H21NO2/c1-5-15(18)14-8-12(9-16-10(2)3)6-7-13(14)11(4)17/h6-8,10,16H,5,9H2,1-4H3. The summed E-state index contributed by atoms with van der Waals surface area (Å²) in [6, 6.07) is 5.88. The van der Waals surface area contributed by atoms with Crippen molar-refractivity contribution in [1.29, 1.82) is 0 Å². The van der Waals surface area contributed by atoms with Gasteiger partial charge in [-0.15, -0.1) is 0 Å². The van der Waals surface area contributed by atoms with Gasteiger partial charge in [-0.05, 0) is 18.6 Å². The molecule has 1 N–H and O–H groups in total. The molecule has 0 spiro atoms. The monoisotopic (exact) mass is 247 g/mol. The average Bonchev–Trinajstić information content (AvgIpc) is 2.34. The Morgan fingerprint density at radius 2 is 1.89 bits per heavy atom. The fourth-order valence-electron chi connectivity index (χ4n) is 1.75. The fourth-order valence-corrected chi connectivity index (χ4v) is 1.75. The van der Waals surface area contributed by atoms with Crippen molar-refractivity contribution in [3.63, 3.8) is 0 Å². The number of benzene rings is 1. The zero-order valence-corrected chi connectivity index (χ0v) is 11.5. The molecule has 0 atom stereocenters. The van der Waals surface area contributed by atoms with Gasteiger partial charge in [0.05, 0.1) is 0 Å². The molecule has 0 amide bonds. The lowest BCUT2D eigenvalue weighted by Gasteiger charge is -2.11. The number of hydrogen-bond donors (Lipinski definition) is 1. The Morgan fingerprint density at radius 1 is 1.22 bits per heavy atom. The first-order chi connectivity index (χ1) is 8.45. The summed E-state index contributed by atoms with van der Waals surface area (Å²) in [6.45, 7) is 8.16. The smallest absolute Gasteiger partial charge is 0.163 e. The van der Waals surface area contributed by atoms with E-state index in [-0.39, 0.29) is 11.6 Å². The third kappa shape index (κ3) is 3.77. The second-order valence-electron chi connectivity index (χ2n) is 4.75. The molecule has 1 aromatic carbocycles. The van der Waals surface area contributed by atoms with Crippen molar-refractivity contribution in [2.45, 2.75) is 46.7 Å². The highest BCUT2D eigenvalue weighted by Gasteiger charge is 2.13. The normalized spacial score (nSPS) is 10.7. The van der Waals surface area contributed by atoms with Crippen LogP contribution in [-0.2, 0) is 6.54 Å². The van der Waals surface area contributed by atoms with Gasteiger partial charge in [0.15, 0.2) is 11.6 Å². The third-order valence-corrected chi connectivity index (χ3v) is 2.80. The van der Waals surface area contributed by atoms with Gasteiger partial charge < -0.3 is 5.32 Å². The van der Waals surface area contributed by atoms with E-state index in [1.54, 1.807) is 6.07 Å². The summed E-state index contributed by atoms with van der Waals surface area (Å²) in [5.41, 5.74) is 2.11. The second-order valence-corrected chi connectivity index (χ2v) is 4.75. The van der Waals surface area contributed by atoms with Gasteiger partial charge in [0.2, 0.25) is 0 Å². The van der Waals surface area contributed by atoms with Gasteiger partial charge in [-0.3, -0.25) is 9.59 Å². The maximum Gasteiger partial charge on any atom is 0.163 e.